The van der Waals surface area contributed by atoms with Crippen LogP contribution in [0.4, 0.5) is 0 Å². The lowest BCUT2D eigenvalue weighted by molar-refractivity contribution is 0.0252. The van der Waals surface area contributed by atoms with Crippen molar-refractivity contribution in [2.75, 3.05) is 14.1 Å². The van der Waals surface area contributed by atoms with Crippen LogP contribution in [-0.2, 0) is 24.2 Å². The van der Waals surface area contributed by atoms with Gasteiger partial charge in [0.2, 0.25) is 0 Å². The Balaban J connectivity index is 1.49. The summed E-state index contributed by atoms with van der Waals surface area (Å²) in [4.78, 5) is 27.4. The van der Waals surface area contributed by atoms with Crippen molar-refractivity contribution in [3.63, 3.8) is 0 Å². The molecular weight excluding hydrogens is 388 g/mol. The van der Waals surface area contributed by atoms with Crippen molar-refractivity contribution in [2.45, 2.75) is 25.6 Å². The summed E-state index contributed by atoms with van der Waals surface area (Å²) in [5.41, 5.74) is 5.15. The Bertz CT molecular complexity index is 1090. The fraction of sp³-hybridized carbons (Fsp3) is 0.231. The van der Waals surface area contributed by atoms with E-state index in [4.69, 9.17) is 4.74 Å². The molecule has 1 atom stereocenters. The largest absolute Gasteiger partial charge is 0.454 e. The number of carbonyl (C=O) groups excluding carboxylic acids is 2. The summed E-state index contributed by atoms with van der Waals surface area (Å²) < 4.78 is 5.61. The van der Waals surface area contributed by atoms with Crippen molar-refractivity contribution in [1.29, 1.82) is 0 Å². The molecule has 1 unspecified atom stereocenters. The molecule has 0 saturated carbocycles. The van der Waals surface area contributed by atoms with E-state index in [9.17, 15) is 9.59 Å². The first-order valence-corrected chi connectivity index (χ1v) is 10.4. The maximum Gasteiger partial charge on any atom is 0.339 e. The summed E-state index contributed by atoms with van der Waals surface area (Å²) in [5, 5.41) is 3.02. The molecule has 1 aliphatic heterocycles. The van der Waals surface area contributed by atoms with Gasteiger partial charge in [-0.3, -0.25) is 4.79 Å². The third-order valence-electron chi connectivity index (χ3n) is 5.46. The highest BCUT2D eigenvalue weighted by Gasteiger charge is 2.28. The second-order valence-electron chi connectivity index (χ2n) is 8.07. The summed E-state index contributed by atoms with van der Waals surface area (Å²) >= 11 is 0. The van der Waals surface area contributed by atoms with Crippen LogP contribution in [0.5, 0.6) is 0 Å². The lowest BCUT2D eigenvalue weighted by Gasteiger charge is -2.25. The SMILES string of the molecule is CN(C)Cc1ccccc1CNC(=O)c1ccc2c(c1)CC(c1ccccc1)OC2=O. The van der Waals surface area contributed by atoms with E-state index in [0.29, 0.717) is 24.1 Å². The molecule has 0 radical (unpaired) electrons. The predicted octanol–water partition coefficient (Wildman–Crippen LogP) is 4.13. The van der Waals surface area contributed by atoms with Crippen molar-refractivity contribution >= 4 is 11.9 Å². The van der Waals surface area contributed by atoms with Crippen LogP contribution in [0.25, 0.3) is 0 Å². The zero-order valence-corrected chi connectivity index (χ0v) is 17.8. The number of esters is 1. The Kier molecular flexibility index (Phi) is 6.14. The third kappa shape index (κ3) is 4.84. The Hall–Kier alpha value is -3.44. The minimum absolute atomic E-state index is 0.155. The number of hydrogen-bond donors (Lipinski definition) is 1. The van der Waals surface area contributed by atoms with Gasteiger partial charge in [0.25, 0.3) is 5.91 Å². The molecule has 3 aromatic rings. The van der Waals surface area contributed by atoms with Crippen LogP contribution < -0.4 is 5.32 Å². The molecule has 1 aliphatic rings. The van der Waals surface area contributed by atoms with E-state index in [1.807, 2.05) is 68.7 Å². The number of ether oxygens (including phenoxy) is 1. The van der Waals surface area contributed by atoms with Crippen LogP contribution in [0, 0.1) is 0 Å². The number of cyclic esters (lactones) is 1. The quantitative estimate of drug-likeness (QED) is 0.616. The van der Waals surface area contributed by atoms with Gasteiger partial charge in [-0.05, 0) is 54.5 Å². The average Bonchev–Trinajstić information content (AvgIpc) is 2.78. The smallest absolute Gasteiger partial charge is 0.339 e. The molecule has 158 valence electrons. The van der Waals surface area contributed by atoms with Crippen LogP contribution in [0.1, 0.15) is 49.1 Å². The highest BCUT2D eigenvalue weighted by molar-refractivity contribution is 5.97. The van der Waals surface area contributed by atoms with E-state index in [-0.39, 0.29) is 18.0 Å². The molecular formula is C26H26N2O3. The van der Waals surface area contributed by atoms with Gasteiger partial charge in [0.15, 0.2) is 0 Å². The molecule has 3 aromatic carbocycles. The van der Waals surface area contributed by atoms with Gasteiger partial charge in [-0.2, -0.15) is 0 Å². The number of benzene rings is 3. The normalized spacial score (nSPS) is 15.3. The van der Waals surface area contributed by atoms with Crippen LogP contribution in [0.3, 0.4) is 0 Å². The van der Waals surface area contributed by atoms with Crippen LogP contribution >= 0.6 is 0 Å². The molecule has 1 N–H and O–H groups in total. The van der Waals surface area contributed by atoms with Gasteiger partial charge in [0.05, 0.1) is 5.56 Å². The average molecular weight is 415 g/mol. The Morgan fingerprint density at radius 2 is 1.71 bits per heavy atom. The van der Waals surface area contributed by atoms with E-state index in [2.05, 4.69) is 16.3 Å². The predicted molar refractivity (Wildman–Crippen MR) is 120 cm³/mol. The van der Waals surface area contributed by atoms with Gasteiger partial charge < -0.3 is 15.0 Å². The zero-order valence-electron chi connectivity index (χ0n) is 17.8. The lowest BCUT2D eigenvalue weighted by atomic mass is 9.93. The molecule has 0 bridgehead atoms. The number of hydrogen-bond acceptors (Lipinski definition) is 4. The molecule has 0 aromatic heterocycles. The number of fused-ring (bicyclic) bond motifs is 1. The number of nitrogens with zero attached hydrogens (tertiary/aromatic N) is 1. The topological polar surface area (TPSA) is 58.6 Å². The molecule has 0 spiro atoms. The van der Waals surface area contributed by atoms with Gasteiger partial charge in [-0.25, -0.2) is 4.79 Å². The van der Waals surface area contributed by atoms with Crippen molar-refractivity contribution < 1.29 is 14.3 Å². The summed E-state index contributed by atoms with van der Waals surface area (Å²) in [5.74, 6) is -0.502. The fourth-order valence-corrected chi connectivity index (χ4v) is 3.89. The van der Waals surface area contributed by atoms with Gasteiger partial charge >= 0.3 is 5.97 Å². The summed E-state index contributed by atoms with van der Waals surface area (Å²) in [7, 11) is 4.05. The monoisotopic (exact) mass is 414 g/mol. The maximum absolute atomic E-state index is 12.8. The molecule has 31 heavy (non-hydrogen) atoms. The maximum atomic E-state index is 12.8. The highest BCUT2D eigenvalue weighted by atomic mass is 16.5. The van der Waals surface area contributed by atoms with Crippen LogP contribution in [-0.4, -0.2) is 30.9 Å². The van der Waals surface area contributed by atoms with Gasteiger partial charge in [-0.1, -0.05) is 54.6 Å². The highest BCUT2D eigenvalue weighted by Crippen LogP contribution is 2.31. The standard InChI is InChI=1S/C26H26N2O3/c1-28(2)17-21-11-7-6-10-20(21)16-27-25(29)19-12-13-23-22(14-19)15-24(31-26(23)30)18-8-4-3-5-9-18/h3-14,24H,15-17H2,1-2H3,(H,27,29). The molecule has 0 fully saturated rings. The Morgan fingerprint density at radius 3 is 2.45 bits per heavy atom. The summed E-state index contributed by atoms with van der Waals surface area (Å²) in [6.07, 6.45) is 0.218. The van der Waals surface area contributed by atoms with E-state index in [1.54, 1.807) is 12.1 Å². The first kappa shape index (κ1) is 20.8. The molecule has 1 heterocycles. The van der Waals surface area contributed by atoms with Crippen LogP contribution in [0.2, 0.25) is 0 Å². The van der Waals surface area contributed by atoms with E-state index in [1.165, 1.54) is 5.56 Å². The van der Waals surface area contributed by atoms with Crippen LogP contribution in [0.15, 0.2) is 72.8 Å². The minimum Gasteiger partial charge on any atom is -0.454 e. The second-order valence-corrected chi connectivity index (χ2v) is 8.07. The fourth-order valence-electron chi connectivity index (χ4n) is 3.89. The van der Waals surface area contributed by atoms with Gasteiger partial charge in [0, 0.05) is 25.1 Å². The number of carbonyl (C=O) groups is 2. The first-order valence-electron chi connectivity index (χ1n) is 10.4. The number of rotatable bonds is 6. The first-order chi connectivity index (χ1) is 15.0. The molecule has 0 saturated heterocycles. The number of amides is 1. The third-order valence-corrected chi connectivity index (χ3v) is 5.46. The molecule has 5 nitrogen and oxygen atoms in total. The Labute approximate surface area is 182 Å². The van der Waals surface area contributed by atoms with E-state index in [0.717, 1.165) is 23.2 Å². The van der Waals surface area contributed by atoms with Crippen molar-refractivity contribution in [1.82, 2.24) is 10.2 Å². The summed E-state index contributed by atoms with van der Waals surface area (Å²) in [6.45, 7) is 1.27. The Morgan fingerprint density at radius 1 is 1.00 bits per heavy atom. The lowest BCUT2D eigenvalue weighted by Crippen LogP contribution is -2.26. The van der Waals surface area contributed by atoms with E-state index < -0.39 is 0 Å². The minimum atomic E-state index is -0.348. The zero-order chi connectivity index (χ0) is 21.8. The molecule has 0 aliphatic carbocycles. The molecule has 5 heteroatoms. The van der Waals surface area contributed by atoms with Gasteiger partial charge in [-0.15, -0.1) is 0 Å². The van der Waals surface area contributed by atoms with Crippen molar-refractivity contribution in [3.8, 4) is 0 Å². The van der Waals surface area contributed by atoms with Crippen molar-refractivity contribution in [2.24, 2.45) is 0 Å². The van der Waals surface area contributed by atoms with E-state index >= 15 is 0 Å². The molecule has 1 amide bonds. The summed E-state index contributed by atoms with van der Waals surface area (Å²) in [6, 6.07) is 23.0. The molecule has 4 rings (SSSR count). The van der Waals surface area contributed by atoms with Crippen molar-refractivity contribution in [3.05, 3.63) is 106 Å². The second kappa shape index (κ2) is 9.14. The van der Waals surface area contributed by atoms with Gasteiger partial charge in [0.1, 0.15) is 6.10 Å². The number of nitrogens with one attached hydrogen (secondary N) is 1.